The van der Waals surface area contributed by atoms with Gasteiger partial charge in [0.15, 0.2) is 0 Å². The largest absolute Gasteiger partial charge is 0.307 e. The van der Waals surface area contributed by atoms with Crippen molar-refractivity contribution in [1.82, 2.24) is 9.97 Å². The van der Waals surface area contributed by atoms with E-state index in [-0.39, 0.29) is 11.3 Å². The summed E-state index contributed by atoms with van der Waals surface area (Å²) >= 11 is 0. The minimum atomic E-state index is -0.100. The fourth-order valence-electron chi connectivity index (χ4n) is 6.09. The maximum absolute atomic E-state index is 12.7. The fraction of sp³-hybridized carbons (Fsp3) is 0.500. The van der Waals surface area contributed by atoms with Gasteiger partial charge in [0.2, 0.25) is 0 Å². The number of nitrogens with one attached hydrogen (secondary N) is 1. The van der Waals surface area contributed by atoms with E-state index in [9.17, 15) is 4.79 Å². The van der Waals surface area contributed by atoms with Crippen LogP contribution in [0.4, 0.5) is 5.82 Å². The molecule has 0 atom stereocenters. The van der Waals surface area contributed by atoms with Crippen molar-refractivity contribution in [2.24, 2.45) is 17.8 Å². The predicted molar refractivity (Wildman–Crippen MR) is 101 cm³/mol. The van der Waals surface area contributed by atoms with Gasteiger partial charge in [-0.3, -0.25) is 9.78 Å². The monoisotopic (exact) mass is 347 g/mol. The minimum Gasteiger partial charge on any atom is -0.307 e. The van der Waals surface area contributed by atoms with Crippen LogP contribution < -0.4 is 5.32 Å². The first-order valence-electron chi connectivity index (χ1n) is 9.81. The van der Waals surface area contributed by atoms with Crippen molar-refractivity contribution in [3.63, 3.8) is 0 Å². The van der Waals surface area contributed by atoms with Crippen molar-refractivity contribution < 1.29 is 4.79 Å². The average molecular weight is 347 g/mol. The molecule has 0 unspecified atom stereocenters. The summed E-state index contributed by atoms with van der Waals surface area (Å²) < 4.78 is 0. The smallest absolute Gasteiger partial charge is 0.256 e. The lowest BCUT2D eigenvalue weighted by atomic mass is 9.48. The van der Waals surface area contributed by atoms with Crippen LogP contribution >= 0.6 is 0 Å². The van der Waals surface area contributed by atoms with Crippen molar-refractivity contribution in [3.8, 4) is 0 Å². The molecule has 2 aromatic heterocycles. The summed E-state index contributed by atoms with van der Waals surface area (Å²) in [6.45, 7) is 1.92. The highest BCUT2D eigenvalue weighted by molar-refractivity contribution is 6.03. The number of amides is 1. The van der Waals surface area contributed by atoms with Crippen molar-refractivity contribution in [2.45, 2.75) is 50.9 Å². The molecular weight excluding hydrogens is 322 g/mol. The summed E-state index contributed by atoms with van der Waals surface area (Å²) in [4.78, 5) is 21.8. The Morgan fingerprint density at radius 1 is 1.08 bits per heavy atom. The van der Waals surface area contributed by atoms with E-state index in [1.54, 1.807) is 0 Å². The Kier molecular flexibility index (Phi) is 3.63. The van der Waals surface area contributed by atoms with Gasteiger partial charge in [-0.15, -0.1) is 0 Å². The van der Waals surface area contributed by atoms with Gasteiger partial charge >= 0.3 is 0 Å². The Morgan fingerprint density at radius 3 is 2.42 bits per heavy atom. The molecule has 4 aliphatic carbocycles. The zero-order chi connectivity index (χ0) is 17.7. The molecule has 4 fully saturated rings. The Balaban J connectivity index is 1.42. The molecule has 0 aliphatic heterocycles. The van der Waals surface area contributed by atoms with Crippen LogP contribution in [0.25, 0.3) is 0 Å². The lowest BCUT2D eigenvalue weighted by Crippen LogP contribution is -2.49. The van der Waals surface area contributed by atoms with E-state index in [1.807, 2.05) is 43.5 Å². The molecule has 2 aromatic rings. The molecule has 1 N–H and O–H groups in total. The molecule has 134 valence electrons. The molecule has 26 heavy (non-hydrogen) atoms. The quantitative estimate of drug-likeness (QED) is 0.889. The van der Waals surface area contributed by atoms with E-state index in [0.717, 1.165) is 29.1 Å². The molecular formula is C22H25N3O. The average Bonchev–Trinajstić information content (AvgIpc) is 2.61. The number of hydrogen-bond donors (Lipinski definition) is 1. The maximum Gasteiger partial charge on any atom is 0.256 e. The highest BCUT2D eigenvalue weighted by Crippen LogP contribution is 2.60. The van der Waals surface area contributed by atoms with Crippen molar-refractivity contribution >= 4 is 11.7 Å². The molecule has 4 heteroatoms. The van der Waals surface area contributed by atoms with Crippen LogP contribution in [0.3, 0.4) is 0 Å². The first-order valence-corrected chi connectivity index (χ1v) is 9.81. The molecule has 4 bridgehead atoms. The van der Waals surface area contributed by atoms with E-state index in [4.69, 9.17) is 4.98 Å². The predicted octanol–water partition coefficient (Wildman–Crippen LogP) is 4.51. The summed E-state index contributed by atoms with van der Waals surface area (Å²) in [5.41, 5.74) is 2.94. The first kappa shape index (κ1) is 16.0. The number of nitrogens with zero attached hydrogens (tertiary/aromatic N) is 2. The number of anilines is 1. The lowest BCUT2D eigenvalue weighted by Gasteiger charge is -2.56. The number of aromatic nitrogens is 2. The topological polar surface area (TPSA) is 54.9 Å². The van der Waals surface area contributed by atoms with Crippen LogP contribution in [0.2, 0.25) is 0 Å². The molecule has 6 rings (SSSR count). The number of hydrogen-bond acceptors (Lipinski definition) is 3. The van der Waals surface area contributed by atoms with Crippen LogP contribution in [0.1, 0.15) is 60.3 Å². The van der Waals surface area contributed by atoms with Crippen LogP contribution in [0.15, 0.2) is 36.5 Å². The molecule has 0 spiro atoms. The summed E-state index contributed by atoms with van der Waals surface area (Å²) in [6.07, 6.45) is 9.84. The van der Waals surface area contributed by atoms with Crippen LogP contribution in [0.5, 0.6) is 0 Å². The minimum absolute atomic E-state index is 0.100. The van der Waals surface area contributed by atoms with Crippen molar-refractivity contribution in [2.75, 3.05) is 5.32 Å². The second kappa shape index (κ2) is 5.90. The number of rotatable bonds is 3. The summed E-state index contributed by atoms with van der Waals surface area (Å²) in [5, 5.41) is 2.92. The third kappa shape index (κ3) is 2.72. The summed E-state index contributed by atoms with van der Waals surface area (Å²) in [5.74, 6) is 3.12. The summed E-state index contributed by atoms with van der Waals surface area (Å²) in [6, 6.07) is 9.51. The molecule has 4 aliphatic rings. The second-order valence-electron chi connectivity index (χ2n) is 8.75. The maximum atomic E-state index is 12.7. The van der Waals surface area contributed by atoms with Gasteiger partial charge < -0.3 is 5.32 Å². The Morgan fingerprint density at radius 2 is 1.77 bits per heavy atom. The Labute approximate surface area is 154 Å². The van der Waals surface area contributed by atoms with Gasteiger partial charge in [0, 0.05) is 28.6 Å². The lowest BCUT2D eigenvalue weighted by molar-refractivity contribution is -0.00721. The summed E-state index contributed by atoms with van der Waals surface area (Å²) in [7, 11) is 0. The zero-order valence-corrected chi connectivity index (χ0v) is 15.2. The molecule has 4 nitrogen and oxygen atoms in total. The van der Waals surface area contributed by atoms with E-state index in [0.29, 0.717) is 11.4 Å². The van der Waals surface area contributed by atoms with Gasteiger partial charge in [-0.25, -0.2) is 4.98 Å². The number of pyridine rings is 2. The standard InChI is InChI=1S/C22H25N3O/c1-14-3-2-4-20(24-14)25-21(26)18-5-6-23-19(10-18)22-11-15-7-16(12-22)9-17(8-15)13-22/h2-6,10,15-17H,7-9,11-13H2,1H3,(H,24,25,26). The highest BCUT2D eigenvalue weighted by Gasteiger charge is 2.52. The number of carbonyl (C=O) groups is 1. The normalized spacial score (nSPS) is 31.8. The van der Waals surface area contributed by atoms with E-state index < -0.39 is 0 Å². The van der Waals surface area contributed by atoms with Crippen molar-refractivity contribution in [1.29, 1.82) is 0 Å². The molecule has 1 amide bonds. The molecule has 2 heterocycles. The van der Waals surface area contributed by atoms with E-state index >= 15 is 0 Å². The van der Waals surface area contributed by atoms with Crippen LogP contribution in [-0.2, 0) is 5.41 Å². The second-order valence-corrected chi connectivity index (χ2v) is 8.75. The van der Waals surface area contributed by atoms with Gasteiger partial charge in [-0.1, -0.05) is 6.07 Å². The third-order valence-corrected chi connectivity index (χ3v) is 6.73. The molecule has 0 radical (unpaired) electrons. The van der Waals surface area contributed by atoms with Gasteiger partial charge in [-0.2, -0.15) is 0 Å². The molecule has 0 aromatic carbocycles. The first-order chi connectivity index (χ1) is 12.6. The Hall–Kier alpha value is -2.23. The fourth-order valence-corrected chi connectivity index (χ4v) is 6.09. The molecule has 4 saturated carbocycles. The van der Waals surface area contributed by atoms with Crippen LogP contribution in [-0.4, -0.2) is 15.9 Å². The molecule has 0 saturated heterocycles. The van der Waals surface area contributed by atoms with E-state index in [1.165, 1.54) is 38.5 Å². The van der Waals surface area contributed by atoms with Gasteiger partial charge in [0.05, 0.1) is 0 Å². The van der Waals surface area contributed by atoms with Crippen molar-refractivity contribution in [3.05, 3.63) is 53.5 Å². The highest BCUT2D eigenvalue weighted by atomic mass is 16.1. The van der Waals surface area contributed by atoms with Gasteiger partial charge in [0.1, 0.15) is 5.82 Å². The zero-order valence-electron chi connectivity index (χ0n) is 15.2. The van der Waals surface area contributed by atoms with Gasteiger partial charge in [0.25, 0.3) is 5.91 Å². The Bertz CT molecular complexity index is 825. The number of carbonyl (C=O) groups excluding carboxylic acids is 1. The van der Waals surface area contributed by atoms with Crippen LogP contribution in [0, 0.1) is 24.7 Å². The number of aryl methyl sites for hydroxylation is 1. The third-order valence-electron chi connectivity index (χ3n) is 6.73. The SMILES string of the molecule is Cc1cccc(NC(=O)c2ccnc(C34CC5CC(CC(C5)C3)C4)c2)n1. The van der Waals surface area contributed by atoms with Gasteiger partial charge in [-0.05, 0) is 87.5 Å². The van der Waals surface area contributed by atoms with E-state index in [2.05, 4.69) is 10.3 Å².